The maximum absolute atomic E-state index is 12.5. The number of carbonyl (C=O) groups is 1. The summed E-state index contributed by atoms with van der Waals surface area (Å²) in [7, 11) is 0. The lowest BCUT2D eigenvalue weighted by Crippen LogP contribution is -2.50. The largest absolute Gasteiger partial charge is 0.350 e. The van der Waals surface area contributed by atoms with Gasteiger partial charge in [0.15, 0.2) is 5.65 Å². The highest BCUT2D eigenvalue weighted by Crippen LogP contribution is 2.36. The zero-order valence-corrected chi connectivity index (χ0v) is 14.4. The van der Waals surface area contributed by atoms with Gasteiger partial charge in [0, 0.05) is 31.9 Å². The number of amides is 2. The molecule has 2 unspecified atom stereocenters. The van der Waals surface area contributed by atoms with Crippen LogP contribution in [-0.4, -0.2) is 44.2 Å². The highest BCUT2D eigenvalue weighted by Gasteiger charge is 2.37. The first-order valence-electron chi connectivity index (χ1n) is 9.33. The van der Waals surface area contributed by atoms with Gasteiger partial charge >= 0.3 is 11.7 Å². The van der Waals surface area contributed by atoms with Crippen molar-refractivity contribution in [1.29, 1.82) is 0 Å². The Morgan fingerprint density at radius 3 is 3.00 bits per heavy atom. The third-order valence-electron chi connectivity index (χ3n) is 5.57. The van der Waals surface area contributed by atoms with Gasteiger partial charge in [0.2, 0.25) is 0 Å². The Morgan fingerprint density at radius 1 is 1.24 bits per heavy atom. The van der Waals surface area contributed by atoms with Crippen LogP contribution in [0.1, 0.15) is 38.5 Å². The van der Waals surface area contributed by atoms with Crippen molar-refractivity contribution in [3.63, 3.8) is 0 Å². The van der Waals surface area contributed by atoms with Crippen LogP contribution >= 0.6 is 0 Å². The van der Waals surface area contributed by atoms with Gasteiger partial charge in [-0.2, -0.15) is 0 Å². The Hall–Kier alpha value is -2.31. The molecule has 3 heterocycles. The topological polar surface area (TPSA) is 71.6 Å². The average molecular weight is 343 g/mol. The zero-order valence-electron chi connectivity index (χ0n) is 14.4. The van der Waals surface area contributed by atoms with Crippen LogP contribution in [-0.2, 0) is 6.54 Å². The molecule has 1 N–H and O–H groups in total. The standard InChI is InChI=1S/C18H25N5O2/c24-17(21-12-4-7-14-6-3-8-15(14)21)19-10-5-13-23-18(25)22-11-2-1-9-16(22)20-23/h1-2,9,11,14-15H,3-8,10,12-13H2,(H,19,24). The molecule has 1 saturated heterocycles. The third kappa shape index (κ3) is 3.15. The molecule has 2 aromatic heterocycles. The smallest absolute Gasteiger partial charge is 0.338 e. The first-order valence-corrected chi connectivity index (χ1v) is 9.33. The second-order valence-corrected chi connectivity index (χ2v) is 7.11. The summed E-state index contributed by atoms with van der Waals surface area (Å²) >= 11 is 0. The van der Waals surface area contributed by atoms with Crippen LogP contribution in [0.4, 0.5) is 4.79 Å². The summed E-state index contributed by atoms with van der Waals surface area (Å²) in [6, 6.07) is 5.99. The number of hydrogen-bond acceptors (Lipinski definition) is 3. The highest BCUT2D eigenvalue weighted by atomic mass is 16.2. The fourth-order valence-corrected chi connectivity index (χ4v) is 4.35. The first kappa shape index (κ1) is 16.2. The molecule has 1 aliphatic heterocycles. The number of nitrogens with zero attached hydrogens (tertiary/aromatic N) is 4. The average Bonchev–Trinajstić information content (AvgIpc) is 3.23. The number of aryl methyl sites for hydroxylation is 1. The van der Waals surface area contributed by atoms with Crippen LogP contribution in [0.25, 0.3) is 5.65 Å². The molecule has 1 aliphatic carbocycles. The monoisotopic (exact) mass is 343 g/mol. The molecule has 2 fully saturated rings. The minimum absolute atomic E-state index is 0.0546. The molecule has 134 valence electrons. The molecule has 4 rings (SSSR count). The van der Waals surface area contributed by atoms with Crippen LogP contribution in [0.15, 0.2) is 29.2 Å². The van der Waals surface area contributed by atoms with E-state index in [1.807, 2.05) is 23.1 Å². The van der Waals surface area contributed by atoms with Gasteiger partial charge in [0.1, 0.15) is 0 Å². The second kappa shape index (κ2) is 6.90. The predicted molar refractivity (Wildman–Crippen MR) is 94.5 cm³/mol. The molecule has 0 bridgehead atoms. The fourth-order valence-electron chi connectivity index (χ4n) is 4.35. The van der Waals surface area contributed by atoms with E-state index in [1.165, 1.54) is 28.3 Å². The van der Waals surface area contributed by atoms with Crippen molar-refractivity contribution in [2.75, 3.05) is 13.1 Å². The molecule has 0 radical (unpaired) electrons. The number of rotatable bonds is 4. The van der Waals surface area contributed by atoms with E-state index in [-0.39, 0.29) is 11.7 Å². The summed E-state index contributed by atoms with van der Waals surface area (Å²) in [5.41, 5.74) is 0.517. The molecule has 0 aromatic carbocycles. The molecular weight excluding hydrogens is 318 g/mol. The van der Waals surface area contributed by atoms with E-state index >= 15 is 0 Å². The van der Waals surface area contributed by atoms with Crippen LogP contribution in [0, 0.1) is 5.92 Å². The Balaban J connectivity index is 1.29. The van der Waals surface area contributed by atoms with Gasteiger partial charge in [-0.3, -0.25) is 4.40 Å². The second-order valence-electron chi connectivity index (χ2n) is 7.11. The maximum atomic E-state index is 12.5. The number of urea groups is 1. The quantitative estimate of drug-likeness (QED) is 0.862. The summed E-state index contributed by atoms with van der Waals surface area (Å²) in [6.45, 7) is 1.94. The lowest BCUT2D eigenvalue weighted by Gasteiger charge is -2.37. The lowest BCUT2D eigenvalue weighted by atomic mass is 9.92. The van der Waals surface area contributed by atoms with Gasteiger partial charge in [0.25, 0.3) is 0 Å². The van der Waals surface area contributed by atoms with E-state index in [4.69, 9.17) is 0 Å². The molecule has 2 aliphatic rings. The summed E-state index contributed by atoms with van der Waals surface area (Å²) in [4.78, 5) is 26.7. The number of likely N-dealkylation sites (tertiary alicyclic amines) is 1. The molecular formula is C18H25N5O2. The van der Waals surface area contributed by atoms with E-state index in [1.54, 1.807) is 6.20 Å². The van der Waals surface area contributed by atoms with Crippen molar-refractivity contribution < 1.29 is 4.79 Å². The molecule has 0 spiro atoms. The van der Waals surface area contributed by atoms with Gasteiger partial charge in [0.05, 0.1) is 0 Å². The van der Waals surface area contributed by atoms with E-state index in [0.717, 1.165) is 19.4 Å². The van der Waals surface area contributed by atoms with Crippen LogP contribution in [0.3, 0.4) is 0 Å². The Kier molecular flexibility index (Phi) is 4.46. The van der Waals surface area contributed by atoms with Gasteiger partial charge in [-0.05, 0) is 50.2 Å². The van der Waals surface area contributed by atoms with Gasteiger partial charge in [-0.25, -0.2) is 14.3 Å². The summed E-state index contributed by atoms with van der Waals surface area (Å²) in [5, 5.41) is 7.33. The third-order valence-corrected chi connectivity index (χ3v) is 5.57. The number of piperidine rings is 1. The molecule has 7 nitrogen and oxygen atoms in total. The number of carbonyl (C=O) groups excluding carboxylic acids is 1. The minimum atomic E-state index is -0.133. The molecule has 7 heteroatoms. The van der Waals surface area contributed by atoms with E-state index in [9.17, 15) is 9.59 Å². The Bertz CT molecular complexity index is 811. The van der Waals surface area contributed by atoms with Crippen molar-refractivity contribution >= 4 is 11.7 Å². The van der Waals surface area contributed by atoms with Crippen LogP contribution in [0.5, 0.6) is 0 Å². The molecule has 2 aromatic rings. The van der Waals surface area contributed by atoms with Crippen molar-refractivity contribution in [2.24, 2.45) is 5.92 Å². The predicted octanol–water partition coefficient (Wildman–Crippen LogP) is 1.86. The van der Waals surface area contributed by atoms with Crippen molar-refractivity contribution in [3.8, 4) is 0 Å². The highest BCUT2D eigenvalue weighted by molar-refractivity contribution is 5.74. The normalized spacial score (nSPS) is 23.0. The number of fused-ring (bicyclic) bond motifs is 2. The molecule has 25 heavy (non-hydrogen) atoms. The van der Waals surface area contributed by atoms with Crippen molar-refractivity contribution in [1.82, 2.24) is 24.4 Å². The van der Waals surface area contributed by atoms with E-state index in [0.29, 0.717) is 37.1 Å². The van der Waals surface area contributed by atoms with Gasteiger partial charge < -0.3 is 10.2 Å². The SMILES string of the molecule is O=C(NCCCn1nc2ccccn2c1=O)N1CCCC2CCCC21. The van der Waals surface area contributed by atoms with Crippen molar-refractivity contribution in [3.05, 3.63) is 34.9 Å². The first-order chi connectivity index (χ1) is 12.2. The minimum Gasteiger partial charge on any atom is -0.338 e. The maximum Gasteiger partial charge on any atom is 0.350 e. The Morgan fingerprint density at radius 2 is 2.12 bits per heavy atom. The molecule has 1 saturated carbocycles. The zero-order chi connectivity index (χ0) is 17.2. The number of aromatic nitrogens is 3. The number of pyridine rings is 1. The molecule has 2 atom stereocenters. The van der Waals surface area contributed by atoms with Crippen molar-refractivity contribution in [2.45, 2.75) is 51.1 Å². The summed E-state index contributed by atoms with van der Waals surface area (Å²) < 4.78 is 3.00. The summed E-state index contributed by atoms with van der Waals surface area (Å²) in [5.74, 6) is 0.705. The number of nitrogens with one attached hydrogen (secondary N) is 1. The number of hydrogen-bond donors (Lipinski definition) is 1. The van der Waals surface area contributed by atoms with E-state index < -0.39 is 0 Å². The van der Waals surface area contributed by atoms with Crippen LogP contribution in [0.2, 0.25) is 0 Å². The summed E-state index contributed by atoms with van der Waals surface area (Å²) in [6.07, 6.45) is 8.46. The lowest BCUT2D eigenvalue weighted by molar-refractivity contribution is 0.128. The Labute approximate surface area is 146 Å². The molecule has 2 amide bonds. The van der Waals surface area contributed by atoms with Gasteiger partial charge in [-0.15, -0.1) is 5.10 Å². The van der Waals surface area contributed by atoms with Crippen LogP contribution < -0.4 is 11.0 Å². The van der Waals surface area contributed by atoms with E-state index in [2.05, 4.69) is 10.4 Å². The van der Waals surface area contributed by atoms with Gasteiger partial charge in [-0.1, -0.05) is 12.5 Å². The fraction of sp³-hybridized carbons (Fsp3) is 0.611.